The summed E-state index contributed by atoms with van der Waals surface area (Å²) in [7, 11) is 0. The highest BCUT2D eigenvalue weighted by molar-refractivity contribution is 6.13. The Morgan fingerprint density at radius 2 is 2.29 bits per heavy atom. The van der Waals surface area contributed by atoms with Gasteiger partial charge in [0, 0.05) is 6.42 Å². The van der Waals surface area contributed by atoms with E-state index in [0.717, 1.165) is 6.08 Å². The highest BCUT2D eigenvalue weighted by Crippen LogP contribution is 2.19. The monoisotopic (exact) mass is 193 g/mol. The summed E-state index contributed by atoms with van der Waals surface area (Å²) in [5.41, 5.74) is 0.263. The fraction of sp³-hybridized carbons (Fsp3) is 0.333. The minimum Gasteiger partial charge on any atom is -0.481 e. The molecule has 0 amide bonds. The highest BCUT2D eigenvalue weighted by Gasteiger charge is 2.30. The van der Waals surface area contributed by atoms with Gasteiger partial charge in [0.15, 0.2) is 17.5 Å². The van der Waals surface area contributed by atoms with Gasteiger partial charge in [-0.1, -0.05) is 0 Å². The molecule has 1 aliphatic carbocycles. The number of Topliss-reactive ketones (excluding diaryl/α,β-unsaturated/α-hetero) is 1. The Kier molecular flexibility index (Phi) is 2.77. The number of ketones is 2. The van der Waals surface area contributed by atoms with Crippen molar-refractivity contribution in [2.75, 3.05) is 0 Å². The number of carbonyl (C=O) groups is 3. The molecule has 0 radical (unpaired) electrons. The Morgan fingerprint density at radius 1 is 1.64 bits per heavy atom. The Labute approximate surface area is 79.6 Å². The topological polar surface area (TPSA) is 95.2 Å². The molecule has 0 bridgehead atoms. The van der Waals surface area contributed by atoms with Crippen molar-refractivity contribution in [1.82, 2.24) is 0 Å². The van der Waals surface area contributed by atoms with Gasteiger partial charge in [-0.05, 0) is 11.6 Å². The number of allylic oxidation sites excluding steroid dienone is 1. The van der Waals surface area contributed by atoms with E-state index in [1.165, 1.54) is 0 Å². The van der Waals surface area contributed by atoms with Crippen molar-refractivity contribution >= 4 is 17.5 Å². The molecule has 0 fully saturated rings. The molecule has 0 aliphatic heterocycles. The van der Waals surface area contributed by atoms with E-state index in [0.29, 0.717) is 0 Å². The zero-order chi connectivity index (χ0) is 10.7. The summed E-state index contributed by atoms with van der Waals surface area (Å²) < 4.78 is 0. The van der Waals surface area contributed by atoms with Gasteiger partial charge in [0.2, 0.25) is 0 Å². The van der Waals surface area contributed by atoms with Crippen LogP contribution >= 0.6 is 0 Å². The predicted molar refractivity (Wildman–Crippen MR) is 44.1 cm³/mol. The molecule has 0 spiro atoms. The second-order valence-corrected chi connectivity index (χ2v) is 2.98. The first kappa shape index (κ1) is 10.1. The van der Waals surface area contributed by atoms with E-state index in [1.807, 2.05) is 0 Å². The van der Waals surface area contributed by atoms with Gasteiger partial charge in [-0.3, -0.25) is 14.4 Å². The average Bonchev–Trinajstić information content (AvgIpc) is 2.01. The molecule has 0 aromatic rings. The largest absolute Gasteiger partial charge is 0.481 e. The molecule has 0 aromatic heterocycles. The van der Waals surface area contributed by atoms with Gasteiger partial charge in [-0.15, -0.1) is 0 Å². The standard InChI is InChI=1S/C9H7NO4/c10-4-6-7(11)1-5(2-8(6)12)3-9(13)14/h1,6H,2-3H2,(H,13,14). The Morgan fingerprint density at radius 3 is 2.71 bits per heavy atom. The fourth-order valence-corrected chi connectivity index (χ4v) is 1.26. The first-order chi connectivity index (χ1) is 6.54. The van der Waals surface area contributed by atoms with Crippen molar-refractivity contribution in [3.8, 4) is 6.07 Å². The highest BCUT2D eigenvalue weighted by atomic mass is 16.4. The number of carboxylic acids is 1. The molecule has 72 valence electrons. The van der Waals surface area contributed by atoms with E-state index in [4.69, 9.17) is 10.4 Å². The summed E-state index contributed by atoms with van der Waals surface area (Å²) >= 11 is 0. The van der Waals surface area contributed by atoms with Gasteiger partial charge in [-0.2, -0.15) is 5.26 Å². The number of rotatable bonds is 2. The molecule has 5 nitrogen and oxygen atoms in total. The van der Waals surface area contributed by atoms with Crippen LogP contribution in [0.5, 0.6) is 0 Å². The van der Waals surface area contributed by atoms with Crippen LogP contribution in [0.1, 0.15) is 12.8 Å². The zero-order valence-corrected chi connectivity index (χ0v) is 7.19. The van der Waals surface area contributed by atoms with Crippen molar-refractivity contribution in [1.29, 1.82) is 5.26 Å². The maximum absolute atomic E-state index is 11.2. The Hall–Kier alpha value is -1.96. The lowest BCUT2D eigenvalue weighted by Crippen LogP contribution is -2.26. The lowest BCUT2D eigenvalue weighted by atomic mass is 9.87. The molecule has 0 saturated carbocycles. The van der Waals surface area contributed by atoms with E-state index < -0.39 is 23.5 Å². The minimum atomic E-state index is -1.24. The molecule has 14 heavy (non-hydrogen) atoms. The van der Waals surface area contributed by atoms with Crippen LogP contribution < -0.4 is 0 Å². The molecular formula is C9H7NO4. The van der Waals surface area contributed by atoms with E-state index in [1.54, 1.807) is 6.07 Å². The molecule has 0 aromatic carbocycles. The fourth-order valence-electron chi connectivity index (χ4n) is 1.26. The van der Waals surface area contributed by atoms with Crippen molar-refractivity contribution in [3.63, 3.8) is 0 Å². The molecule has 1 rings (SSSR count). The number of hydrogen-bond acceptors (Lipinski definition) is 4. The molecular weight excluding hydrogens is 186 g/mol. The molecule has 0 heterocycles. The summed E-state index contributed by atoms with van der Waals surface area (Å²) in [5, 5.41) is 16.9. The quantitative estimate of drug-likeness (QED) is 0.626. The third-order valence-corrected chi connectivity index (χ3v) is 1.86. The molecule has 1 aliphatic rings. The lowest BCUT2D eigenvalue weighted by Gasteiger charge is -2.12. The first-order valence-corrected chi connectivity index (χ1v) is 3.92. The Bertz CT molecular complexity index is 375. The normalized spacial score (nSPS) is 21.4. The van der Waals surface area contributed by atoms with Gasteiger partial charge < -0.3 is 5.11 Å². The average molecular weight is 193 g/mol. The van der Waals surface area contributed by atoms with Crippen LogP contribution in [0.3, 0.4) is 0 Å². The number of hydrogen-bond donors (Lipinski definition) is 1. The van der Waals surface area contributed by atoms with Crippen molar-refractivity contribution in [2.45, 2.75) is 12.8 Å². The van der Waals surface area contributed by atoms with Crippen LogP contribution in [0.25, 0.3) is 0 Å². The van der Waals surface area contributed by atoms with Crippen LogP contribution in [0, 0.1) is 17.2 Å². The van der Waals surface area contributed by atoms with E-state index in [-0.39, 0.29) is 18.4 Å². The second kappa shape index (κ2) is 3.83. The van der Waals surface area contributed by atoms with Gasteiger partial charge in [-0.25, -0.2) is 0 Å². The van der Waals surface area contributed by atoms with Gasteiger partial charge in [0.1, 0.15) is 0 Å². The van der Waals surface area contributed by atoms with E-state index in [2.05, 4.69) is 0 Å². The van der Waals surface area contributed by atoms with Crippen LogP contribution in [0.15, 0.2) is 11.6 Å². The molecule has 1 atom stereocenters. The smallest absolute Gasteiger partial charge is 0.307 e. The van der Waals surface area contributed by atoms with Crippen molar-refractivity contribution < 1.29 is 19.5 Å². The number of carboxylic acid groups (broad SMARTS) is 1. The number of nitrogens with zero attached hydrogens (tertiary/aromatic N) is 1. The molecule has 0 saturated heterocycles. The molecule has 1 unspecified atom stereocenters. The number of aliphatic carboxylic acids is 1. The zero-order valence-electron chi connectivity index (χ0n) is 7.19. The second-order valence-electron chi connectivity index (χ2n) is 2.98. The molecule has 1 N–H and O–H groups in total. The summed E-state index contributed by atoms with van der Waals surface area (Å²) in [6.45, 7) is 0. The van der Waals surface area contributed by atoms with Gasteiger partial charge >= 0.3 is 5.97 Å². The van der Waals surface area contributed by atoms with Gasteiger partial charge in [0.25, 0.3) is 0 Å². The summed E-state index contributed by atoms with van der Waals surface area (Å²) in [4.78, 5) is 32.6. The van der Waals surface area contributed by atoms with E-state index in [9.17, 15) is 14.4 Å². The molecule has 5 heteroatoms. The maximum Gasteiger partial charge on any atom is 0.307 e. The summed E-state index contributed by atoms with van der Waals surface area (Å²) in [6.07, 6.45) is 0.648. The van der Waals surface area contributed by atoms with Crippen molar-refractivity contribution in [3.05, 3.63) is 11.6 Å². The van der Waals surface area contributed by atoms with Crippen LogP contribution in [-0.2, 0) is 14.4 Å². The maximum atomic E-state index is 11.2. The van der Waals surface area contributed by atoms with Gasteiger partial charge in [0.05, 0.1) is 12.5 Å². The third kappa shape index (κ3) is 2.04. The minimum absolute atomic E-state index is 0.115. The SMILES string of the molecule is N#CC1C(=O)C=C(CC(=O)O)CC1=O. The lowest BCUT2D eigenvalue weighted by molar-refractivity contribution is -0.136. The summed E-state index contributed by atoms with van der Waals surface area (Å²) in [6, 6.07) is 1.59. The van der Waals surface area contributed by atoms with Crippen LogP contribution in [0.2, 0.25) is 0 Å². The predicted octanol–water partition coefficient (Wildman–Crippen LogP) is 0.0692. The van der Waals surface area contributed by atoms with Crippen molar-refractivity contribution in [2.24, 2.45) is 5.92 Å². The number of carbonyl (C=O) groups excluding carboxylic acids is 2. The van der Waals surface area contributed by atoms with Crippen LogP contribution in [-0.4, -0.2) is 22.6 Å². The first-order valence-electron chi connectivity index (χ1n) is 3.92. The van der Waals surface area contributed by atoms with E-state index >= 15 is 0 Å². The number of nitriles is 1. The third-order valence-electron chi connectivity index (χ3n) is 1.86. The van der Waals surface area contributed by atoms with Crippen LogP contribution in [0.4, 0.5) is 0 Å². The Balaban J connectivity index is 2.86. The summed E-state index contributed by atoms with van der Waals surface area (Å²) in [5.74, 6) is -3.46.